The molecule has 9 nitrogen and oxygen atoms in total. The molecule has 0 atom stereocenters. The molecule has 0 fully saturated rings. The van der Waals surface area contributed by atoms with Crippen LogP contribution in [0.4, 0.5) is 5.69 Å². The first-order valence-electron chi connectivity index (χ1n) is 10.2. The number of nitrogens with one attached hydrogen (secondary N) is 1. The van der Waals surface area contributed by atoms with Crippen molar-refractivity contribution < 1.29 is 14.3 Å². The third kappa shape index (κ3) is 3.84. The zero-order valence-corrected chi connectivity index (χ0v) is 18.4. The SMILES string of the molecule is COC(=O)c1ccccc1NC(=O)Cn1c(=O)n(-c2ccccc2)c(=O)c2c1cc(C)n2C. The number of hydrogen-bond donors (Lipinski definition) is 1. The van der Waals surface area contributed by atoms with Gasteiger partial charge in [-0.2, -0.15) is 0 Å². The summed E-state index contributed by atoms with van der Waals surface area (Å²) in [6.45, 7) is 1.45. The number of para-hydroxylation sites is 2. The average molecular weight is 446 g/mol. The van der Waals surface area contributed by atoms with E-state index < -0.39 is 23.1 Å². The fraction of sp³-hybridized carbons (Fsp3) is 0.167. The first-order chi connectivity index (χ1) is 15.8. The highest BCUT2D eigenvalue weighted by atomic mass is 16.5. The normalized spacial score (nSPS) is 10.9. The minimum Gasteiger partial charge on any atom is -0.465 e. The minimum absolute atomic E-state index is 0.190. The van der Waals surface area contributed by atoms with Crippen LogP contribution in [0.1, 0.15) is 16.1 Å². The van der Waals surface area contributed by atoms with Crippen molar-refractivity contribution >= 4 is 28.6 Å². The summed E-state index contributed by atoms with van der Waals surface area (Å²) < 4.78 is 8.76. The second-order valence-electron chi connectivity index (χ2n) is 7.51. The Kier molecular flexibility index (Phi) is 5.70. The first-order valence-corrected chi connectivity index (χ1v) is 10.2. The first kappa shape index (κ1) is 21.8. The molecule has 0 saturated heterocycles. The highest BCUT2D eigenvalue weighted by molar-refractivity contribution is 6.01. The Hall–Kier alpha value is -4.40. The molecule has 0 radical (unpaired) electrons. The molecular formula is C24H22N4O5. The van der Waals surface area contributed by atoms with Gasteiger partial charge in [-0.05, 0) is 37.3 Å². The number of aromatic nitrogens is 3. The highest BCUT2D eigenvalue weighted by Crippen LogP contribution is 2.18. The number of methoxy groups -OCH3 is 1. The lowest BCUT2D eigenvalue weighted by Gasteiger charge is -2.14. The summed E-state index contributed by atoms with van der Waals surface area (Å²) in [5.41, 5.74) is 1.17. The summed E-state index contributed by atoms with van der Waals surface area (Å²) in [4.78, 5) is 51.6. The molecule has 0 aliphatic rings. The van der Waals surface area contributed by atoms with E-state index in [0.29, 0.717) is 16.7 Å². The molecule has 2 heterocycles. The number of rotatable bonds is 5. The highest BCUT2D eigenvalue weighted by Gasteiger charge is 2.21. The van der Waals surface area contributed by atoms with Gasteiger partial charge in [0.05, 0.1) is 29.6 Å². The summed E-state index contributed by atoms with van der Waals surface area (Å²) in [5.74, 6) is -1.13. The molecular weight excluding hydrogens is 424 g/mol. The third-order valence-corrected chi connectivity index (χ3v) is 5.49. The summed E-state index contributed by atoms with van der Waals surface area (Å²) in [6.07, 6.45) is 0. The largest absolute Gasteiger partial charge is 0.465 e. The number of aryl methyl sites for hydroxylation is 2. The van der Waals surface area contributed by atoms with E-state index in [-0.39, 0.29) is 17.8 Å². The van der Waals surface area contributed by atoms with Gasteiger partial charge in [-0.1, -0.05) is 30.3 Å². The number of carbonyl (C=O) groups is 2. The number of nitrogens with zero attached hydrogens (tertiary/aromatic N) is 3. The van der Waals surface area contributed by atoms with Gasteiger partial charge in [0.2, 0.25) is 5.91 Å². The summed E-state index contributed by atoms with van der Waals surface area (Å²) in [6, 6.07) is 16.7. The van der Waals surface area contributed by atoms with Gasteiger partial charge in [-0.15, -0.1) is 0 Å². The lowest BCUT2D eigenvalue weighted by Crippen LogP contribution is -2.41. The van der Waals surface area contributed by atoms with Crippen LogP contribution in [0.5, 0.6) is 0 Å². The number of carbonyl (C=O) groups excluding carboxylic acids is 2. The van der Waals surface area contributed by atoms with Crippen LogP contribution in [-0.2, 0) is 23.1 Å². The molecule has 0 unspecified atom stereocenters. The molecule has 33 heavy (non-hydrogen) atoms. The lowest BCUT2D eigenvalue weighted by atomic mass is 10.2. The molecule has 1 amide bonds. The lowest BCUT2D eigenvalue weighted by molar-refractivity contribution is -0.116. The van der Waals surface area contributed by atoms with Gasteiger partial charge in [-0.25, -0.2) is 14.2 Å². The molecule has 2 aromatic carbocycles. The molecule has 0 aliphatic carbocycles. The Bertz CT molecular complexity index is 1500. The number of benzene rings is 2. The van der Waals surface area contributed by atoms with Crippen LogP contribution in [0.3, 0.4) is 0 Å². The summed E-state index contributed by atoms with van der Waals surface area (Å²) in [5, 5.41) is 2.67. The smallest absolute Gasteiger partial charge is 0.339 e. The van der Waals surface area contributed by atoms with Crippen LogP contribution < -0.4 is 16.6 Å². The van der Waals surface area contributed by atoms with Crippen molar-refractivity contribution in [3.63, 3.8) is 0 Å². The number of esters is 1. The number of hydrogen-bond acceptors (Lipinski definition) is 5. The number of anilines is 1. The van der Waals surface area contributed by atoms with Gasteiger partial charge < -0.3 is 14.6 Å². The minimum atomic E-state index is -0.638. The molecule has 168 valence electrons. The molecule has 2 aromatic heterocycles. The second-order valence-corrected chi connectivity index (χ2v) is 7.51. The van der Waals surface area contributed by atoms with E-state index in [4.69, 9.17) is 4.74 Å². The third-order valence-electron chi connectivity index (χ3n) is 5.49. The number of fused-ring (bicyclic) bond motifs is 1. The maximum atomic E-state index is 13.4. The van der Waals surface area contributed by atoms with E-state index in [2.05, 4.69) is 5.32 Å². The van der Waals surface area contributed by atoms with Gasteiger partial charge in [0.25, 0.3) is 5.56 Å². The van der Waals surface area contributed by atoms with Crippen molar-refractivity contribution in [1.29, 1.82) is 0 Å². The van der Waals surface area contributed by atoms with Gasteiger partial charge in [0.1, 0.15) is 12.1 Å². The zero-order valence-electron chi connectivity index (χ0n) is 18.4. The van der Waals surface area contributed by atoms with Crippen LogP contribution in [-0.4, -0.2) is 32.7 Å². The maximum absolute atomic E-state index is 13.4. The quantitative estimate of drug-likeness (QED) is 0.474. The number of amides is 1. The Balaban J connectivity index is 1.83. The van der Waals surface area contributed by atoms with Crippen molar-refractivity contribution in [2.75, 3.05) is 12.4 Å². The Labute approximate surface area is 188 Å². The van der Waals surface area contributed by atoms with Crippen LogP contribution in [0.2, 0.25) is 0 Å². The zero-order chi connectivity index (χ0) is 23.7. The monoisotopic (exact) mass is 446 g/mol. The van der Waals surface area contributed by atoms with E-state index in [1.165, 1.54) is 17.7 Å². The Morgan fingerprint density at radius 1 is 1.00 bits per heavy atom. The topological polar surface area (TPSA) is 104 Å². The molecule has 0 saturated carbocycles. The van der Waals surface area contributed by atoms with E-state index in [9.17, 15) is 19.2 Å². The molecule has 0 bridgehead atoms. The molecule has 9 heteroatoms. The summed E-state index contributed by atoms with van der Waals surface area (Å²) >= 11 is 0. The van der Waals surface area contributed by atoms with Crippen molar-refractivity contribution in [3.8, 4) is 5.69 Å². The van der Waals surface area contributed by atoms with E-state index in [1.807, 2.05) is 6.92 Å². The van der Waals surface area contributed by atoms with Gasteiger partial charge in [-0.3, -0.25) is 14.2 Å². The number of ether oxygens (including phenoxy) is 1. The van der Waals surface area contributed by atoms with Gasteiger partial charge in [0, 0.05) is 12.7 Å². The standard InChI is InChI=1S/C24H22N4O5/c1-15-13-19-21(26(15)2)22(30)28(16-9-5-4-6-10-16)24(32)27(19)14-20(29)25-18-12-8-7-11-17(18)23(31)33-3/h4-13H,14H2,1-3H3,(H,25,29). The fourth-order valence-corrected chi connectivity index (χ4v) is 3.76. The fourth-order valence-electron chi connectivity index (χ4n) is 3.76. The average Bonchev–Trinajstić information content (AvgIpc) is 3.11. The predicted molar refractivity (Wildman–Crippen MR) is 124 cm³/mol. The van der Waals surface area contributed by atoms with Crippen molar-refractivity contribution in [3.05, 3.63) is 92.8 Å². The van der Waals surface area contributed by atoms with Gasteiger partial charge in [0.15, 0.2) is 0 Å². The second kappa shape index (κ2) is 8.62. The molecule has 4 aromatic rings. The van der Waals surface area contributed by atoms with E-state index >= 15 is 0 Å². The predicted octanol–water partition coefficient (Wildman–Crippen LogP) is 2.22. The molecule has 4 rings (SSSR count). The Morgan fingerprint density at radius 2 is 1.67 bits per heavy atom. The van der Waals surface area contributed by atoms with E-state index in [0.717, 1.165) is 10.3 Å². The van der Waals surface area contributed by atoms with Crippen molar-refractivity contribution in [2.45, 2.75) is 13.5 Å². The van der Waals surface area contributed by atoms with Crippen LogP contribution >= 0.6 is 0 Å². The van der Waals surface area contributed by atoms with Crippen LogP contribution in [0.25, 0.3) is 16.7 Å². The molecule has 1 N–H and O–H groups in total. The van der Waals surface area contributed by atoms with Crippen LogP contribution in [0, 0.1) is 6.92 Å². The molecule has 0 spiro atoms. The maximum Gasteiger partial charge on any atom is 0.339 e. The van der Waals surface area contributed by atoms with Crippen molar-refractivity contribution in [1.82, 2.24) is 13.7 Å². The molecule has 0 aliphatic heterocycles. The van der Waals surface area contributed by atoms with Crippen molar-refractivity contribution in [2.24, 2.45) is 7.05 Å². The van der Waals surface area contributed by atoms with Crippen LogP contribution in [0.15, 0.2) is 70.3 Å². The van der Waals surface area contributed by atoms with E-state index in [1.54, 1.807) is 66.2 Å². The van der Waals surface area contributed by atoms with Gasteiger partial charge >= 0.3 is 11.7 Å². The Morgan fingerprint density at radius 3 is 2.36 bits per heavy atom. The summed E-state index contributed by atoms with van der Waals surface area (Å²) in [7, 11) is 2.98.